The Morgan fingerprint density at radius 3 is 2.94 bits per heavy atom. The Labute approximate surface area is 191 Å². The third-order valence-electron chi connectivity index (χ3n) is 5.91. The lowest BCUT2D eigenvalue weighted by Gasteiger charge is -2.28. The molecule has 1 aliphatic heterocycles. The van der Waals surface area contributed by atoms with E-state index in [0.29, 0.717) is 26.8 Å². The van der Waals surface area contributed by atoms with Crippen molar-refractivity contribution in [2.24, 2.45) is 16.6 Å². The third kappa shape index (κ3) is 4.05. The van der Waals surface area contributed by atoms with Gasteiger partial charge in [0.05, 0.1) is 16.8 Å². The molecule has 2 aromatic rings. The number of nitrogens with two attached hydrogens (primary N) is 1. The number of thiophene rings is 1. The molecule has 3 heterocycles. The van der Waals surface area contributed by atoms with Gasteiger partial charge in [-0.05, 0) is 44.2 Å². The van der Waals surface area contributed by atoms with E-state index in [1.807, 2.05) is 20.8 Å². The maximum absolute atomic E-state index is 13.1. The normalized spacial score (nSPS) is 21.0. The second kappa shape index (κ2) is 8.84. The average molecular weight is 453 g/mol. The molecule has 1 fully saturated rings. The number of rotatable bonds is 6. The number of hydrogen-bond acceptors (Lipinski definition) is 6. The van der Waals surface area contributed by atoms with Crippen LogP contribution in [-0.4, -0.2) is 35.2 Å². The van der Waals surface area contributed by atoms with Crippen LogP contribution in [0.5, 0.6) is 0 Å². The van der Waals surface area contributed by atoms with E-state index in [0.717, 1.165) is 30.3 Å². The Morgan fingerprint density at radius 2 is 2.25 bits per heavy atom. The average Bonchev–Trinajstić information content (AvgIpc) is 3.32. The van der Waals surface area contributed by atoms with Crippen LogP contribution in [0.2, 0.25) is 0 Å². The number of allylic oxidation sites excluding steroid dienone is 3. The van der Waals surface area contributed by atoms with Crippen molar-refractivity contribution in [1.82, 2.24) is 10.3 Å². The molecule has 2 aliphatic rings. The monoisotopic (exact) mass is 452 g/mol. The zero-order valence-corrected chi connectivity index (χ0v) is 19.3. The number of nitrogens with zero attached hydrogens (tertiary/aromatic N) is 3. The second-order valence-corrected chi connectivity index (χ2v) is 9.49. The molecular weight excluding hydrogens is 424 g/mol. The topological polar surface area (TPSA) is 113 Å². The van der Waals surface area contributed by atoms with Gasteiger partial charge < -0.3 is 16.4 Å². The molecule has 0 spiro atoms. The van der Waals surface area contributed by atoms with Crippen LogP contribution in [0.4, 0.5) is 16.2 Å². The first kappa shape index (κ1) is 22.2. The molecule has 4 N–H and O–H groups in total. The Morgan fingerprint density at radius 1 is 1.47 bits per heavy atom. The molecule has 168 valence electrons. The van der Waals surface area contributed by atoms with Gasteiger partial charge in [-0.15, -0.1) is 11.3 Å². The van der Waals surface area contributed by atoms with Crippen LogP contribution in [0.3, 0.4) is 0 Å². The minimum Gasteiger partial charge on any atom is -0.347 e. The molecule has 4 rings (SSSR count). The van der Waals surface area contributed by atoms with E-state index in [-0.39, 0.29) is 29.9 Å². The number of carbonyl (C=O) groups is 2. The maximum Gasteiger partial charge on any atom is 0.330 e. The minimum atomic E-state index is -0.333. The molecule has 0 radical (unpaired) electrons. The van der Waals surface area contributed by atoms with Crippen molar-refractivity contribution in [3.05, 3.63) is 41.2 Å². The summed E-state index contributed by atoms with van der Waals surface area (Å²) in [5, 5.41) is 6.70. The molecule has 0 unspecified atom stereocenters. The molecule has 0 bridgehead atoms. The van der Waals surface area contributed by atoms with E-state index >= 15 is 0 Å². The predicted octanol–water partition coefficient (Wildman–Crippen LogP) is 4.40. The van der Waals surface area contributed by atoms with Gasteiger partial charge in [-0.1, -0.05) is 20.4 Å². The fourth-order valence-electron chi connectivity index (χ4n) is 3.96. The van der Waals surface area contributed by atoms with E-state index in [2.05, 4.69) is 27.2 Å². The fourth-order valence-corrected chi connectivity index (χ4v) is 4.98. The van der Waals surface area contributed by atoms with Gasteiger partial charge in [-0.3, -0.25) is 14.7 Å². The van der Waals surface area contributed by atoms with Gasteiger partial charge in [0.2, 0.25) is 0 Å². The van der Waals surface area contributed by atoms with Gasteiger partial charge in [-0.2, -0.15) is 0 Å². The van der Waals surface area contributed by atoms with E-state index in [1.165, 1.54) is 11.3 Å². The first-order valence-electron chi connectivity index (χ1n) is 10.8. The van der Waals surface area contributed by atoms with E-state index < -0.39 is 0 Å². The first-order valence-corrected chi connectivity index (χ1v) is 11.6. The van der Waals surface area contributed by atoms with Crippen LogP contribution in [-0.2, 0) is 0 Å². The highest BCUT2D eigenvalue weighted by Gasteiger charge is 2.34. The molecule has 0 saturated heterocycles. The molecule has 1 aliphatic carbocycles. The SMILES string of the molecule is C=C(N=C/C=C(\C)N1C(=O)Nc2c(C(=O)N[C@@H]3CCC[C@H]3N)sc3nccc1c23)C(C)C. The molecule has 3 amide bonds. The highest BCUT2D eigenvalue weighted by atomic mass is 32.1. The fraction of sp³-hybridized carbons (Fsp3) is 0.391. The van der Waals surface area contributed by atoms with Gasteiger partial charge in [0, 0.05) is 35.9 Å². The molecule has 1 saturated carbocycles. The number of amides is 3. The van der Waals surface area contributed by atoms with Crippen molar-refractivity contribution in [1.29, 1.82) is 0 Å². The largest absolute Gasteiger partial charge is 0.347 e. The van der Waals surface area contributed by atoms with E-state index in [9.17, 15) is 9.59 Å². The summed E-state index contributed by atoms with van der Waals surface area (Å²) < 4.78 is 0. The zero-order valence-electron chi connectivity index (χ0n) is 18.5. The molecule has 2 atom stereocenters. The summed E-state index contributed by atoms with van der Waals surface area (Å²) in [4.78, 5) is 37.6. The second-order valence-electron chi connectivity index (χ2n) is 8.49. The lowest BCUT2D eigenvalue weighted by Crippen LogP contribution is -2.44. The van der Waals surface area contributed by atoms with Gasteiger partial charge in [0.25, 0.3) is 5.91 Å². The Balaban J connectivity index is 1.67. The Kier molecular flexibility index (Phi) is 6.12. The summed E-state index contributed by atoms with van der Waals surface area (Å²) in [6.45, 7) is 9.81. The van der Waals surface area contributed by atoms with Gasteiger partial charge in [-0.25, -0.2) is 9.78 Å². The standard InChI is InChI=1S/C23H28N6O2S/c1-12(2)14(4)25-10-8-13(3)29-17-9-11-26-22-18(17)19(28-23(29)31)20(32-22)21(30)27-16-7-5-6-15(16)24/h8-12,15-16H,4-7,24H2,1-3H3,(H,27,30)(H,28,31)/b13-8+,25-10?/t15-,16-/m1/s1. The molecular formula is C23H28N6O2S. The van der Waals surface area contributed by atoms with Crippen LogP contribution in [0.25, 0.3) is 10.2 Å². The number of aliphatic imine (C=N–C) groups is 1. The number of pyridine rings is 1. The summed E-state index contributed by atoms with van der Waals surface area (Å²) in [7, 11) is 0. The number of urea groups is 1. The molecule has 9 heteroatoms. The third-order valence-corrected chi connectivity index (χ3v) is 7.01. The van der Waals surface area contributed by atoms with Crippen LogP contribution in [0.1, 0.15) is 49.7 Å². The quantitative estimate of drug-likeness (QED) is 0.564. The molecule has 2 aromatic heterocycles. The van der Waals surface area contributed by atoms with Crippen molar-refractivity contribution in [3.8, 4) is 0 Å². The highest BCUT2D eigenvalue weighted by Crippen LogP contribution is 2.44. The number of nitrogens with one attached hydrogen (secondary N) is 2. The molecule has 32 heavy (non-hydrogen) atoms. The summed E-state index contributed by atoms with van der Waals surface area (Å²) in [6, 6.07) is 1.37. The van der Waals surface area contributed by atoms with Crippen molar-refractivity contribution in [3.63, 3.8) is 0 Å². The number of aromatic nitrogens is 1. The van der Waals surface area contributed by atoms with Crippen molar-refractivity contribution in [2.75, 3.05) is 10.2 Å². The summed E-state index contributed by atoms with van der Waals surface area (Å²) >= 11 is 1.27. The molecule has 0 aromatic carbocycles. The van der Waals surface area contributed by atoms with Crippen molar-refractivity contribution in [2.45, 2.75) is 52.1 Å². The summed E-state index contributed by atoms with van der Waals surface area (Å²) in [5.74, 6) is 0.0198. The summed E-state index contributed by atoms with van der Waals surface area (Å²) in [6.07, 6.45) is 7.84. The van der Waals surface area contributed by atoms with E-state index in [1.54, 1.807) is 29.5 Å². The predicted molar refractivity (Wildman–Crippen MR) is 130 cm³/mol. The van der Waals surface area contributed by atoms with Crippen molar-refractivity contribution < 1.29 is 9.59 Å². The van der Waals surface area contributed by atoms with Gasteiger partial charge in [0.15, 0.2) is 0 Å². The van der Waals surface area contributed by atoms with Gasteiger partial charge >= 0.3 is 6.03 Å². The first-order chi connectivity index (χ1) is 15.3. The maximum atomic E-state index is 13.1. The van der Waals surface area contributed by atoms with Crippen LogP contribution in [0.15, 0.2) is 41.3 Å². The minimum absolute atomic E-state index is 0.0373. The summed E-state index contributed by atoms with van der Waals surface area (Å²) in [5.41, 5.74) is 8.76. The van der Waals surface area contributed by atoms with Crippen LogP contribution < -0.4 is 21.3 Å². The smallest absolute Gasteiger partial charge is 0.330 e. The Bertz CT molecular complexity index is 1150. The zero-order chi connectivity index (χ0) is 23.0. The van der Waals surface area contributed by atoms with Crippen LogP contribution >= 0.6 is 11.3 Å². The number of carbonyl (C=O) groups excluding carboxylic acids is 2. The lowest BCUT2D eigenvalue weighted by atomic mass is 10.1. The van der Waals surface area contributed by atoms with Crippen LogP contribution in [0, 0.1) is 5.92 Å². The Hall–Kier alpha value is -3.04. The molecule has 8 nitrogen and oxygen atoms in total. The van der Waals surface area contributed by atoms with Gasteiger partial charge in [0.1, 0.15) is 9.71 Å². The lowest BCUT2D eigenvalue weighted by molar-refractivity contribution is 0.0939. The number of anilines is 2. The number of hydrogen-bond donors (Lipinski definition) is 3. The van der Waals surface area contributed by atoms with E-state index in [4.69, 9.17) is 5.73 Å². The van der Waals surface area contributed by atoms with Crippen molar-refractivity contribution >= 4 is 51.1 Å². The highest BCUT2D eigenvalue weighted by molar-refractivity contribution is 7.21.